The van der Waals surface area contributed by atoms with Crippen LogP contribution < -0.4 is 0 Å². The van der Waals surface area contributed by atoms with Gasteiger partial charge in [-0.1, -0.05) is 18.2 Å². The molecule has 0 aliphatic heterocycles. The van der Waals surface area contributed by atoms with Gasteiger partial charge in [-0.2, -0.15) is 0 Å². The largest absolute Gasteiger partial charge is 0.345 e. The van der Waals surface area contributed by atoms with E-state index in [4.69, 9.17) is 0 Å². The van der Waals surface area contributed by atoms with Gasteiger partial charge in [0.15, 0.2) is 0 Å². The molecule has 1 aromatic rings. The highest BCUT2D eigenvalue weighted by Crippen LogP contribution is 2.13. The zero-order valence-electron chi connectivity index (χ0n) is 6.99. The van der Waals surface area contributed by atoms with Crippen LogP contribution in [0.4, 0.5) is 0 Å². The summed E-state index contributed by atoms with van der Waals surface area (Å²) in [4.78, 5) is 19.0. The summed E-state index contributed by atoms with van der Waals surface area (Å²) in [5.41, 5.74) is -0.301. The summed E-state index contributed by atoms with van der Waals surface area (Å²) in [5, 5.41) is 20.6. The molecule has 0 bridgehead atoms. The molecule has 14 heavy (non-hydrogen) atoms. The molecule has 0 radical (unpaired) electrons. The second-order valence-corrected chi connectivity index (χ2v) is 2.42. The average Bonchev–Trinajstić information content (AvgIpc) is 2.15. The lowest BCUT2D eigenvalue weighted by Gasteiger charge is -1.94. The van der Waals surface area contributed by atoms with E-state index in [1.165, 1.54) is 12.1 Å². The van der Waals surface area contributed by atoms with Gasteiger partial charge in [-0.25, -0.2) is 0 Å². The highest BCUT2D eigenvalue weighted by molar-refractivity contribution is 5.56. The number of hydrogen-bond donors (Lipinski definition) is 0. The van der Waals surface area contributed by atoms with E-state index in [0.717, 1.165) is 0 Å². The summed E-state index contributed by atoms with van der Waals surface area (Å²) >= 11 is 0. The predicted molar refractivity (Wildman–Crippen MR) is 48.4 cm³/mol. The fourth-order valence-electron chi connectivity index (χ4n) is 0.936. The number of rotatable bonds is 3. The highest BCUT2D eigenvalue weighted by atomic mass is 16.6. The van der Waals surface area contributed by atoms with Crippen molar-refractivity contribution in [3.63, 3.8) is 0 Å². The molecule has 1 aromatic carbocycles. The molecule has 0 fully saturated rings. The molecular weight excluding hydrogens is 188 g/mol. The minimum Gasteiger partial charge on any atom is -0.259 e. The lowest BCUT2D eigenvalue weighted by Crippen LogP contribution is -2.00. The van der Waals surface area contributed by atoms with Gasteiger partial charge in [0.25, 0.3) is 0 Å². The molecule has 0 saturated carbocycles. The Morgan fingerprint density at radius 1 is 1.14 bits per heavy atom. The van der Waals surface area contributed by atoms with E-state index in [-0.39, 0.29) is 5.56 Å². The maximum Gasteiger partial charge on any atom is 0.345 e. The molecule has 6 nitrogen and oxygen atoms in total. The first-order valence-electron chi connectivity index (χ1n) is 3.66. The van der Waals surface area contributed by atoms with Crippen LogP contribution in [0.1, 0.15) is 5.56 Å². The lowest BCUT2D eigenvalue weighted by molar-refractivity contribution is -0.425. The summed E-state index contributed by atoms with van der Waals surface area (Å²) < 4.78 is 0. The molecule has 0 N–H and O–H groups in total. The standard InChI is InChI=1S/C8H6N2O4/c11-9(12)6-8(10(13)14)7-4-2-1-3-5-7/h1-6H/b8-6-. The zero-order chi connectivity index (χ0) is 10.6. The third-order valence-corrected chi connectivity index (χ3v) is 1.49. The maximum atomic E-state index is 10.5. The molecule has 0 aliphatic rings. The van der Waals surface area contributed by atoms with Crippen LogP contribution in [0.2, 0.25) is 0 Å². The quantitative estimate of drug-likeness (QED) is 0.539. The van der Waals surface area contributed by atoms with Crippen molar-refractivity contribution in [2.45, 2.75) is 0 Å². The van der Waals surface area contributed by atoms with Gasteiger partial charge in [-0.3, -0.25) is 20.2 Å². The van der Waals surface area contributed by atoms with Crippen molar-refractivity contribution in [1.82, 2.24) is 0 Å². The van der Waals surface area contributed by atoms with Crippen LogP contribution in [-0.4, -0.2) is 9.85 Å². The third kappa shape index (κ3) is 2.37. The number of nitro groups is 2. The summed E-state index contributed by atoms with van der Waals surface area (Å²) in [6.45, 7) is 0. The molecule has 0 unspecified atom stereocenters. The first kappa shape index (κ1) is 9.85. The van der Waals surface area contributed by atoms with Crippen LogP contribution in [0.15, 0.2) is 36.5 Å². The van der Waals surface area contributed by atoms with Gasteiger partial charge in [0.2, 0.25) is 0 Å². The van der Waals surface area contributed by atoms with Gasteiger partial charge in [0, 0.05) is 0 Å². The van der Waals surface area contributed by atoms with Crippen LogP contribution in [-0.2, 0) is 0 Å². The minimum atomic E-state index is -0.842. The smallest absolute Gasteiger partial charge is 0.259 e. The summed E-state index contributed by atoms with van der Waals surface area (Å²) in [5.74, 6) is 0. The summed E-state index contributed by atoms with van der Waals surface area (Å²) in [6.07, 6.45) is 0.384. The van der Waals surface area contributed by atoms with Crippen LogP contribution in [0.3, 0.4) is 0 Å². The molecule has 6 heteroatoms. The van der Waals surface area contributed by atoms with E-state index in [0.29, 0.717) is 6.20 Å². The first-order chi connectivity index (χ1) is 6.61. The molecule has 0 aliphatic carbocycles. The Hall–Kier alpha value is -2.24. The van der Waals surface area contributed by atoms with Crippen molar-refractivity contribution in [3.05, 3.63) is 62.3 Å². The SMILES string of the molecule is O=[N+]([O-])/C=C(/c1ccccc1)[N+](=O)[O-]. The van der Waals surface area contributed by atoms with Crippen LogP contribution >= 0.6 is 0 Å². The Balaban J connectivity index is 3.14. The third-order valence-electron chi connectivity index (χ3n) is 1.49. The Morgan fingerprint density at radius 3 is 2.14 bits per heavy atom. The molecule has 1 rings (SSSR count). The lowest BCUT2D eigenvalue weighted by atomic mass is 10.2. The Bertz CT molecular complexity index is 386. The van der Waals surface area contributed by atoms with Crippen molar-refractivity contribution in [2.24, 2.45) is 0 Å². The van der Waals surface area contributed by atoms with Crippen molar-refractivity contribution in [3.8, 4) is 0 Å². The summed E-state index contributed by atoms with van der Waals surface area (Å²) in [7, 11) is 0. The number of nitrogens with zero attached hydrogens (tertiary/aromatic N) is 2. The fraction of sp³-hybridized carbons (Fsp3) is 0. The number of hydrogen-bond acceptors (Lipinski definition) is 4. The van der Waals surface area contributed by atoms with Gasteiger partial charge in [0.05, 0.1) is 15.4 Å². The molecule has 0 atom stereocenters. The van der Waals surface area contributed by atoms with Crippen molar-refractivity contribution in [2.75, 3.05) is 0 Å². The van der Waals surface area contributed by atoms with Crippen molar-refractivity contribution < 1.29 is 9.85 Å². The number of benzene rings is 1. The van der Waals surface area contributed by atoms with Gasteiger partial charge in [-0.05, 0) is 12.1 Å². The van der Waals surface area contributed by atoms with E-state index in [1.54, 1.807) is 18.2 Å². The van der Waals surface area contributed by atoms with Crippen LogP contribution in [0.25, 0.3) is 5.70 Å². The molecule has 0 heterocycles. The Kier molecular flexibility index (Phi) is 2.90. The van der Waals surface area contributed by atoms with Crippen LogP contribution in [0.5, 0.6) is 0 Å². The molecule has 0 aromatic heterocycles. The maximum absolute atomic E-state index is 10.5. The molecule has 0 spiro atoms. The summed E-state index contributed by atoms with van der Waals surface area (Å²) in [6, 6.07) is 7.71. The fourth-order valence-corrected chi connectivity index (χ4v) is 0.936. The Labute approximate surface area is 78.8 Å². The Morgan fingerprint density at radius 2 is 1.71 bits per heavy atom. The van der Waals surface area contributed by atoms with E-state index in [2.05, 4.69) is 0 Å². The monoisotopic (exact) mass is 194 g/mol. The normalized spacial score (nSPS) is 11.0. The molecule has 72 valence electrons. The minimum absolute atomic E-state index is 0.217. The predicted octanol–water partition coefficient (Wildman–Crippen LogP) is 1.54. The van der Waals surface area contributed by atoms with Crippen molar-refractivity contribution in [1.29, 1.82) is 0 Å². The van der Waals surface area contributed by atoms with Gasteiger partial charge in [0.1, 0.15) is 0 Å². The second-order valence-electron chi connectivity index (χ2n) is 2.42. The second kappa shape index (κ2) is 4.13. The van der Waals surface area contributed by atoms with E-state index in [9.17, 15) is 20.2 Å². The van der Waals surface area contributed by atoms with Crippen LogP contribution in [0, 0.1) is 20.2 Å². The average molecular weight is 194 g/mol. The van der Waals surface area contributed by atoms with E-state index >= 15 is 0 Å². The first-order valence-corrected chi connectivity index (χ1v) is 3.66. The van der Waals surface area contributed by atoms with Gasteiger partial charge >= 0.3 is 11.9 Å². The van der Waals surface area contributed by atoms with Crippen molar-refractivity contribution >= 4 is 5.70 Å². The van der Waals surface area contributed by atoms with E-state index < -0.39 is 15.5 Å². The molecular formula is C8H6N2O4. The highest BCUT2D eigenvalue weighted by Gasteiger charge is 2.18. The molecule has 0 amide bonds. The topological polar surface area (TPSA) is 86.3 Å². The zero-order valence-corrected chi connectivity index (χ0v) is 6.99. The van der Waals surface area contributed by atoms with Gasteiger partial charge in [-0.15, -0.1) is 0 Å². The van der Waals surface area contributed by atoms with E-state index in [1.807, 2.05) is 0 Å². The van der Waals surface area contributed by atoms with Gasteiger partial charge < -0.3 is 0 Å². The molecule has 0 saturated heterocycles.